The second kappa shape index (κ2) is 8.75. The summed E-state index contributed by atoms with van der Waals surface area (Å²) >= 11 is 12.4. The first-order valence-corrected chi connectivity index (χ1v) is 9.30. The normalized spacial score (nSPS) is 23.7. The zero-order chi connectivity index (χ0) is 16.4. The second-order valence-electron chi connectivity index (χ2n) is 6.67. The highest BCUT2D eigenvalue weighted by atomic mass is 35.5. The zero-order valence-electron chi connectivity index (χ0n) is 13.9. The molecule has 1 aliphatic heterocycles. The molecule has 2 atom stereocenters. The van der Waals surface area contributed by atoms with Crippen molar-refractivity contribution in [1.82, 2.24) is 10.2 Å². The summed E-state index contributed by atoms with van der Waals surface area (Å²) in [5, 5.41) is 4.59. The monoisotopic (exact) mass is 390 g/mol. The van der Waals surface area contributed by atoms with E-state index < -0.39 is 0 Å². The number of rotatable bonds is 5. The summed E-state index contributed by atoms with van der Waals surface area (Å²) in [5.41, 5.74) is 1.03. The second-order valence-corrected chi connectivity index (χ2v) is 7.45. The molecule has 2 fully saturated rings. The van der Waals surface area contributed by atoms with E-state index in [0.29, 0.717) is 21.9 Å². The number of nitrogens with one attached hydrogen (secondary N) is 1. The van der Waals surface area contributed by atoms with E-state index in [-0.39, 0.29) is 24.2 Å². The molecule has 1 heterocycles. The third-order valence-electron chi connectivity index (χ3n) is 5.10. The Labute approximate surface area is 160 Å². The molecule has 2 aliphatic rings. The van der Waals surface area contributed by atoms with Gasteiger partial charge in [-0.15, -0.1) is 12.4 Å². The fourth-order valence-electron chi connectivity index (χ4n) is 3.56. The summed E-state index contributed by atoms with van der Waals surface area (Å²) < 4.78 is 0. The third kappa shape index (κ3) is 4.37. The average molecular weight is 392 g/mol. The van der Waals surface area contributed by atoms with Crippen LogP contribution in [0.3, 0.4) is 0 Å². The maximum absolute atomic E-state index is 12.7. The molecule has 6 heteroatoms. The minimum atomic E-state index is 0. The van der Waals surface area contributed by atoms with E-state index in [2.05, 4.69) is 12.2 Å². The molecule has 1 aliphatic carbocycles. The lowest BCUT2D eigenvalue weighted by atomic mass is 9.96. The number of carbonyl (C=O) groups excluding carboxylic acids is 1. The van der Waals surface area contributed by atoms with Crippen LogP contribution in [0.25, 0.3) is 0 Å². The van der Waals surface area contributed by atoms with Gasteiger partial charge >= 0.3 is 0 Å². The van der Waals surface area contributed by atoms with Crippen molar-refractivity contribution < 1.29 is 4.79 Å². The highest BCUT2D eigenvalue weighted by Crippen LogP contribution is 2.51. The van der Waals surface area contributed by atoms with Gasteiger partial charge in [-0.05, 0) is 55.8 Å². The number of carbonyl (C=O) groups is 1. The molecule has 1 aromatic rings. The molecule has 1 N–H and O–H groups in total. The Bertz CT molecular complexity index is 573. The summed E-state index contributed by atoms with van der Waals surface area (Å²) in [4.78, 5) is 14.7. The lowest BCUT2D eigenvalue weighted by Gasteiger charge is -2.32. The van der Waals surface area contributed by atoms with Crippen molar-refractivity contribution in [2.24, 2.45) is 11.8 Å². The zero-order valence-corrected chi connectivity index (χ0v) is 16.3. The van der Waals surface area contributed by atoms with E-state index >= 15 is 0 Å². The Morgan fingerprint density at radius 2 is 2.00 bits per heavy atom. The lowest BCUT2D eigenvalue weighted by molar-refractivity contribution is -0.134. The van der Waals surface area contributed by atoms with E-state index in [1.807, 2.05) is 17.0 Å². The van der Waals surface area contributed by atoms with Crippen LogP contribution in [0.4, 0.5) is 0 Å². The van der Waals surface area contributed by atoms with Crippen molar-refractivity contribution in [3.63, 3.8) is 0 Å². The molecule has 0 spiro atoms. The maximum Gasteiger partial charge on any atom is 0.226 e. The van der Waals surface area contributed by atoms with Gasteiger partial charge in [0.25, 0.3) is 0 Å². The Hall–Kier alpha value is -0.480. The minimum Gasteiger partial charge on any atom is -0.342 e. The van der Waals surface area contributed by atoms with Gasteiger partial charge in [-0.3, -0.25) is 4.79 Å². The summed E-state index contributed by atoms with van der Waals surface area (Å²) in [5.74, 6) is 1.34. The quantitative estimate of drug-likeness (QED) is 0.808. The van der Waals surface area contributed by atoms with Crippen molar-refractivity contribution in [3.8, 4) is 0 Å². The van der Waals surface area contributed by atoms with Crippen LogP contribution in [-0.2, 0) is 4.79 Å². The van der Waals surface area contributed by atoms with Crippen LogP contribution in [0.5, 0.6) is 0 Å². The van der Waals surface area contributed by atoms with Crippen molar-refractivity contribution >= 4 is 41.5 Å². The molecular weight excluding hydrogens is 367 g/mol. The molecule has 1 amide bonds. The molecule has 1 aromatic carbocycles. The molecule has 24 heavy (non-hydrogen) atoms. The Morgan fingerprint density at radius 3 is 2.67 bits per heavy atom. The average Bonchev–Trinajstić information content (AvgIpc) is 3.36. The van der Waals surface area contributed by atoms with Crippen LogP contribution < -0.4 is 5.32 Å². The van der Waals surface area contributed by atoms with E-state index in [1.54, 1.807) is 6.07 Å². The number of piperidine rings is 1. The van der Waals surface area contributed by atoms with E-state index in [4.69, 9.17) is 23.2 Å². The van der Waals surface area contributed by atoms with Gasteiger partial charge in [-0.1, -0.05) is 42.3 Å². The molecule has 0 radical (unpaired) electrons. The standard InChI is InChI=1S/C18H24Cl2N2O.ClH/c1-2-21-11-12-6-8-22(9-7-12)18(23)15-10-14(15)13-4-3-5-16(19)17(13)20;/h3-5,12,14-15,21H,2,6-11H2,1H3;1H. The van der Waals surface area contributed by atoms with Crippen molar-refractivity contribution in [2.45, 2.75) is 32.1 Å². The highest BCUT2D eigenvalue weighted by Gasteiger charge is 2.47. The van der Waals surface area contributed by atoms with Crippen molar-refractivity contribution in [3.05, 3.63) is 33.8 Å². The van der Waals surface area contributed by atoms with Gasteiger partial charge in [0.2, 0.25) is 5.91 Å². The molecule has 134 valence electrons. The van der Waals surface area contributed by atoms with Crippen LogP contribution in [0.15, 0.2) is 18.2 Å². The number of benzene rings is 1. The van der Waals surface area contributed by atoms with Gasteiger partial charge in [-0.2, -0.15) is 0 Å². The Kier molecular flexibility index (Phi) is 7.23. The minimum absolute atomic E-state index is 0. The van der Waals surface area contributed by atoms with E-state index in [1.165, 1.54) is 0 Å². The topological polar surface area (TPSA) is 32.3 Å². The first kappa shape index (κ1) is 19.8. The van der Waals surface area contributed by atoms with Gasteiger partial charge in [0.15, 0.2) is 0 Å². The Balaban J connectivity index is 0.00000208. The van der Waals surface area contributed by atoms with Gasteiger partial charge < -0.3 is 10.2 Å². The molecule has 0 aromatic heterocycles. The molecule has 0 bridgehead atoms. The summed E-state index contributed by atoms with van der Waals surface area (Å²) in [6.45, 7) is 6.00. The number of nitrogens with zero attached hydrogens (tertiary/aromatic N) is 1. The number of hydrogen-bond donors (Lipinski definition) is 1. The molecule has 1 saturated carbocycles. The van der Waals surface area contributed by atoms with Crippen LogP contribution in [0.1, 0.15) is 37.7 Å². The molecule has 2 unspecified atom stereocenters. The summed E-state index contributed by atoms with van der Waals surface area (Å²) in [7, 11) is 0. The predicted octanol–water partition coefficient (Wildman–Crippen LogP) is 4.37. The number of likely N-dealkylation sites (tertiary alicyclic amines) is 1. The first-order chi connectivity index (χ1) is 11.1. The molecular formula is C18H25Cl3N2O. The highest BCUT2D eigenvalue weighted by molar-refractivity contribution is 6.42. The van der Waals surface area contributed by atoms with Gasteiger partial charge in [-0.25, -0.2) is 0 Å². The van der Waals surface area contributed by atoms with Gasteiger partial charge in [0.1, 0.15) is 0 Å². The van der Waals surface area contributed by atoms with Crippen LogP contribution in [0, 0.1) is 11.8 Å². The van der Waals surface area contributed by atoms with Crippen molar-refractivity contribution in [2.75, 3.05) is 26.2 Å². The van der Waals surface area contributed by atoms with Crippen LogP contribution in [0.2, 0.25) is 10.0 Å². The fourth-order valence-corrected chi connectivity index (χ4v) is 4.01. The fraction of sp³-hybridized carbons (Fsp3) is 0.611. The maximum atomic E-state index is 12.7. The smallest absolute Gasteiger partial charge is 0.226 e. The van der Waals surface area contributed by atoms with E-state index in [0.717, 1.165) is 51.0 Å². The molecule has 1 saturated heterocycles. The molecule has 3 rings (SSSR count). The number of amides is 1. The first-order valence-electron chi connectivity index (χ1n) is 8.55. The third-order valence-corrected chi connectivity index (χ3v) is 5.93. The predicted molar refractivity (Wildman–Crippen MR) is 102 cm³/mol. The van der Waals surface area contributed by atoms with E-state index in [9.17, 15) is 4.79 Å². The van der Waals surface area contributed by atoms with Crippen LogP contribution in [-0.4, -0.2) is 37.0 Å². The number of hydrogen-bond acceptors (Lipinski definition) is 2. The largest absolute Gasteiger partial charge is 0.342 e. The number of halogens is 3. The lowest BCUT2D eigenvalue weighted by Crippen LogP contribution is -2.41. The SMILES string of the molecule is CCNCC1CCN(C(=O)C2CC2c2cccc(Cl)c2Cl)CC1.Cl. The summed E-state index contributed by atoms with van der Waals surface area (Å²) in [6, 6.07) is 5.70. The Morgan fingerprint density at radius 1 is 1.29 bits per heavy atom. The van der Waals surface area contributed by atoms with Gasteiger partial charge in [0, 0.05) is 19.0 Å². The summed E-state index contributed by atoms with van der Waals surface area (Å²) in [6.07, 6.45) is 3.11. The molecule has 3 nitrogen and oxygen atoms in total. The van der Waals surface area contributed by atoms with Crippen LogP contribution >= 0.6 is 35.6 Å². The van der Waals surface area contributed by atoms with Gasteiger partial charge in [0.05, 0.1) is 10.0 Å². The van der Waals surface area contributed by atoms with Crippen molar-refractivity contribution in [1.29, 1.82) is 0 Å².